The van der Waals surface area contributed by atoms with E-state index in [1.807, 2.05) is 4.90 Å². The van der Waals surface area contributed by atoms with Gasteiger partial charge in [0.05, 0.1) is 6.10 Å². The van der Waals surface area contributed by atoms with Crippen LogP contribution in [0.3, 0.4) is 0 Å². The van der Waals surface area contributed by atoms with Gasteiger partial charge >= 0.3 is 0 Å². The lowest BCUT2D eigenvalue weighted by atomic mass is 9.71. The number of aliphatic hydroxyl groups excluding tert-OH is 1. The van der Waals surface area contributed by atoms with Crippen LogP contribution in [0.2, 0.25) is 0 Å². The van der Waals surface area contributed by atoms with Gasteiger partial charge in [0.15, 0.2) is 0 Å². The number of rotatable bonds is 10. The van der Waals surface area contributed by atoms with Crippen LogP contribution in [-0.2, 0) is 4.79 Å². The molecule has 1 amide bonds. The summed E-state index contributed by atoms with van der Waals surface area (Å²) in [6.07, 6.45) is 18.1. The molecule has 38 heavy (non-hydrogen) atoms. The van der Waals surface area contributed by atoms with Crippen molar-refractivity contribution in [2.75, 3.05) is 46.3 Å². The topological polar surface area (TPSA) is 47.0 Å². The molecule has 2 aliphatic heterocycles. The Morgan fingerprint density at radius 1 is 0.684 bits per heavy atom. The number of aliphatic hydroxyl groups is 1. The zero-order valence-corrected chi connectivity index (χ0v) is 25.5. The van der Waals surface area contributed by atoms with Crippen molar-refractivity contribution in [2.45, 2.75) is 123 Å². The normalized spacial score (nSPS) is 33.1. The van der Waals surface area contributed by atoms with Gasteiger partial charge in [-0.3, -0.25) is 9.69 Å². The van der Waals surface area contributed by atoms with Crippen LogP contribution in [-0.4, -0.2) is 84.2 Å². The Hall–Kier alpha value is -0.650. The first-order valence-electron chi connectivity index (χ1n) is 16.7. The summed E-state index contributed by atoms with van der Waals surface area (Å²) < 4.78 is 0. The van der Waals surface area contributed by atoms with Gasteiger partial charge in [-0.15, -0.1) is 0 Å². The molecule has 2 heterocycles. The van der Waals surface area contributed by atoms with Crippen LogP contribution >= 0.6 is 0 Å². The number of hydrogen-bond donors (Lipinski definition) is 1. The second kappa shape index (κ2) is 14.8. The summed E-state index contributed by atoms with van der Waals surface area (Å²) >= 11 is 0. The van der Waals surface area contributed by atoms with E-state index in [-0.39, 0.29) is 12.0 Å². The molecule has 4 rings (SSSR count). The third kappa shape index (κ3) is 8.67. The zero-order valence-electron chi connectivity index (χ0n) is 25.5. The molecule has 3 atom stereocenters. The van der Waals surface area contributed by atoms with E-state index in [0.29, 0.717) is 0 Å². The minimum atomic E-state index is -0.0494. The number of hydrogen-bond acceptors (Lipinski definition) is 4. The molecule has 2 aliphatic carbocycles. The van der Waals surface area contributed by atoms with Crippen LogP contribution in [0.5, 0.6) is 0 Å². The Morgan fingerprint density at radius 3 is 1.71 bits per heavy atom. The van der Waals surface area contributed by atoms with Gasteiger partial charge in [-0.2, -0.15) is 0 Å². The maximum absolute atomic E-state index is 11.7. The number of piperazine rings is 1. The molecule has 4 aliphatic rings. The summed E-state index contributed by atoms with van der Waals surface area (Å²) in [7, 11) is 2.26. The van der Waals surface area contributed by atoms with Crippen molar-refractivity contribution in [3.05, 3.63) is 0 Å². The van der Waals surface area contributed by atoms with Crippen LogP contribution in [0, 0.1) is 35.5 Å². The summed E-state index contributed by atoms with van der Waals surface area (Å²) in [5.41, 5.74) is 0. The van der Waals surface area contributed by atoms with Crippen molar-refractivity contribution in [3.8, 4) is 0 Å². The summed E-state index contributed by atoms with van der Waals surface area (Å²) in [6, 6.07) is 0.845. The molecule has 0 bridgehead atoms. The molecule has 5 heteroatoms. The van der Waals surface area contributed by atoms with Crippen molar-refractivity contribution in [1.29, 1.82) is 0 Å². The number of likely N-dealkylation sites (N-methyl/N-ethyl adjacent to an activating group) is 1. The molecule has 0 spiro atoms. The van der Waals surface area contributed by atoms with E-state index in [1.165, 1.54) is 103 Å². The zero-order chi connectivity index (χ0) is 27.1. The Bertz CT molecular complexity index is 684. The molecular formula is C33H61N3O2. The second-order valence-corrected chi connectivity index (χ2v) is 14.2. The van der Waals surface area contributed by atoms with Crippen LogP contribution in [0.1, 0.15) is 111 Å². The minimum Gasteiger partial charge on any atom is -0.393 e. The molecule has 4 fully saturated rings. The third-order valence-electron chi connectivity index (χ3n) is 11.8. The first-order valence-corrected chi connectivity index (χ1v) is 16.7. The SMILES string of the molecule is CC(=O)N1CCC(C(C)CCC(CCC(C)C2CCC(N3CCN(C)CC3)CC2)[C@H]2CC[C@H](O)CC2)CC1. The van der Waals surface area contributed by atoms with Gasteiger partial charge in [0.2, 0.25) is 5.91 Å². The largest absolute Gasteiger partial charge is 0.393 e. The maximum Gasteiger partial charge on any atom is 0.219 e. The Labute approximate surface area is 235 Å². The number of piperidine rings is 1. The van der Waals surface area contributed by atoms with Crippen LogP contribution in [0.25, 0.3) is 0 Å². The molecule has 0 aromatic rings. The lowest BCUT2D eigenvalue weighted by Crippen LogP contribution is -2.50. The number of carbonyl (C=O) groups excluding carboxylic acids is 1. The summed E-state index contributed by atoms with van der Waals surface area (Å²) in [4.78, 5) is 19.0. The first-order chi connectivity index (χ1) is 18.3. The predicted molar refractivity (Wildman–Crippen MR) is 158 cm³/mol. The highest BCUT2D eigenvalue weighted by Gasteiger charge is 2.32. The lowest BCUT2D eigenvalue weighted by Gasteiger charge is -2.42. The van der Waals surface area contributed by atoms with E-state index in [0.717, 1.165) is 67.5 Å². The molecule has 5 nitrogen and oxygen atoms in total. The number of amides is 1. The third-order valence-corrected chi connectivity index (χ3v) is 11.8. The fraction of sp³-hybridized carbons (Fsp3) is 0.970. The molecule has 3 unspecified atom stereocenters. The van der Waals surface area contributed by atoms with Gasteiger partial charge in [0, 0.05) is 52.2 Å². The van der Waals surface area contributed by atoms with Crippen molar-refractivity contribution < 1.29 is 9.90 Å². The van der Waals surface area contributed by atoms with Crippen LogP contribution < -0.4 is 0 Å². The van der Waals surface area contributed by atoms with Crippen LogP contribution in [0.4, 0.5) is 0 Å². The van der Waals surface area contributed by atoms with Crippen molar-refractivity contribution in [2.24, 2.45) is 35.5 Å². The van der Waals surface area contributed by atoms with E-state index in [4.69, 9.17) is 0 Å². The number of nitrogens with zero attached hydrogens (tertiary/aromatic N) is 3. The van der Waals surface area contributed by atoms with Crippen molar-refractivity contribution in [1.82, 2.24) is 14.7 Å². The van der Waals surface area contributed by atoms with Crippen LogP contribution in [0.15, 0.2) is 0 Å². The molecule has 220 valence electrons. The number of carbonyl (C=O) groups is 1. The first kappa shape index (κ1) is 30.3. The van der Waals surface area contributed by atoms with E-state index < -0.39 is 0 Å². The number of likely N-dealkylation sites (tertiary alicyclic amines) is 1. The van der Waals surface area contributed by atoms with Gasteiger partial charge in [0.25, 0.3) is 0 Å². The average molecular weight is 532 g/mol. The monoisotopic (exact) mass is 531 g/mol. The Kier molecular flexibility index (Phi) is 11.8. The second-order valence-electron chi connectivity index (χ2n) is 14.2. The summed E-state index contributed by atoms with van der Waals surface area (Å²) in [5, 5.41) is 10.1. The molecular weight excluding hydrogens is 470 g/mol. The Balaban J connectivity index is 1.22. The maximum atomic E-state index is 11.7. The smallest absolute Gasteiger partial charge is 0.219 e. The quantitative estimate of drug-likeness (QED) is 0.373. The minimum absolute atomic E-state index is 0.0494. The standard InChI is InChI=1S/C33H61N3O2/c1-25(28-9-13-32(14-10-28)36-23-21-34(4)22-24-36)5-7-30(31-11-15-33(38)16-12-31)8-6-26(2)29-17-19-35(20-18-29)27(3)37/h25-26,28-33,38H,5-24H2,1-4H3/t25?,26?,28?,30?,31-,32?,33-. The molecule has 2 saturated heterocycles. The molecule has 0 aromatic heterocycles. The summed E-state index contributed by atoms with van der Waals surface area (Å²) in [6.45, 7) is 13.7. The van der Waals surface area contributed by atoms with Gasteiger partial charge in [-0.05, 0) is 120 Å². The van der Waals surface area contributed by atoms with Crippen molar-refractivity contribution >= 4 is 5.91 Å². The van der Waals surface area contributed by atoms with E-state index in [2.05, 4.69) is 30.7 Å². The highest BCUT2D eigenvalue weighted by molar-refractivity contribution is 5.73. The fourth-order valence-electron chi connectivity index (χ4n) is 8.62. The van der Waals surface area contributed by atoms with Gasteiger partial charge in [0.1, 0.15) is 0 Å². The summed E-state index contributed by atoms with van der Waals surface area (Å²) in [5.74, 6) is 5.25. The van der Waals surface area contributed by atoms with Crippen molar-refractivity contribution in [3.63, 3.8) is 0 Å². The fourth-order valence-corrected chi connectivity index (χ4v) is 8.62. The van der Waals surface area contributed by atoms with Gasteiger partial charge in [-0.1, -0.05) is 26.7 Å². The highest BCUT2D eigenvalue weighted by Crippen LogP contribution is 2.40. The van der Waals surface area contributed by atoms with E-state index in [1.54, 1.807) is 6.92 Å². The lowest BCUT2D eigenvalue weighted by molar-refractivity contribution is -0.130. The highest BCUT2D eigenvalue weighted by atomic mass is 16.3. The van der Waals surface area contributed by atoms with Gasteiger partial charge in [-0.25, -0.2) is 0 Å². The van der Waals surface area contributed by atoms with E-state index >= 15 is 0 Å². The molecule has 2 saturated carbocycles. The predicted octanol–water partition coefficient (Wildman–Crippen LogP) is 6.05. The molecule has 1 N–H and O–H groups in total. The average Bonchev–Trinajstić information content (AvgIpc) is 2.94. The van der Waals surface area contributed by atoms with Gasteiger partial charge < -0.3 is 14.9 Å². The molecule has 0 aromatic carbocycles. The van der Waals surface area contributed by atoms with E-state index in [9.17, 15) is 9.90 Å². The molecule has 0 radical (unpaired) electrons. The Morgan fingerprint density at radius 2 is 1.18 bits per heavy atom.